The Morgan fingerprint density at radius 3 is 0.389 bits per heavy atom. The van der Waals surface area contributed by atoms with Gasteiger partial charge in [-0.15, -0.1) is 0 Å². The van der Waals surface area contributed by atoms with Gasteiger partial charge in [-0.2, -0.15) is 0 Å². The van der Waals surface area contributed by atoms with Crippen LogP contribution in [0.5, 0.6) is 0 Å². The van der Waals surface area contributed by atoms with Crippen LogP contribution in [0.15, 0.2) is 0 Å². The van der Waals surface area contributed by atoms with Crippen molar-refractivity contribution in [1.82, 2.24) is 0 Å². The van der Waals surface area contributed by atoms with Gasteiger partial charge in [-0.25, -0.2) is 13.7 Å². The first kappa shape index (κ1) is 37.1. The van der Waals surface area contributed by atoms with Crippen molar-refractivity contribution in [2.45, 2.75) is 0 Å². The van der Waals surface area contributed by atoms with Crippen molar-refractivity contribution in [2.24, 2.45) is 0 Å². The normalized spacial score (nSPS) is 9.83. The Morgan fingerprint density at radius 2 is 0.389 bits per heavy atom. The summed E-state index contributed by atoms with van der Waals surface area (Å²) in [4.78, 5) is 64.7. The molecule has 0 radical (unpaired) electrons. The molecule has 0 unspecified atom stereocenters. The average Bonchev–Trinajstić information content (AvgIpc) is 1.41. The van der Waals surface area contributed by atoms with E-state index in [0.29, 0.717) is 0 Å². The monoisotopic (exact) mass is 372 g/mol. The minimum absolute atomic E-state index is 0. The summed E-state index contributed by atoms with van der Waals surface area (Å²) in [5.41, 5.74) is 0. The maximum Gasteiger partial charge on any atom is 0.466 e. The van der Waals surface area contributed by atoms with Crippen molar-refractivity contribution in [1.29, 1.82) is 0 Å². The molecule has 0 saturated heterocycles. The second-order valence-electron chi connectivity index (χ2n) is 1.54. The predicted octanol–water partition coefficient (Wildman–Crippen LogP) is -5.53. The summed E-state index contributed by atoms with van der Waals surface area (Å²) in [6.45, 7) is 0. The highest BCUT2D eigenvalue weighted by Gasteiger charge is 2.01. The number of hydrogen-bond acceptors (Lipinski definition) is 3. The Hall–Kier alpha value is 2.63. The van der Waals surface area contributed by atoms with Crippen LogP contribution in [0.25, 0.3) is 0 Å². The molecule has 0 aliphatic rings. The minimum atomic E-state index is -4.64. The molecule has 18 heteroatoms. The zero-order chi connectivity index (χ0) is 13.5. The molecular formula is H15Mg3O12P3. The number of rotatable bonds is 0. The molecule has 9 N–H and O–H groups in total. The predicted molar refractivity (Wildman–Crippen MR) is 68.4 cm³/mol. The molecule has 0 aliphatic heterocycles. The van der Waals surface area contributed by atoms with Crippen LogP contribution in [0.3, 0.4) is 0 Å². The van der Waals surface area contributed by atoms with Crippen molar-refractivity contribution < 1.29 is 57.7 Å². The highest BCUT2D eigenvalue weighted by Crippen LogP contribution is 2.26. The zero-order valence-electron chi connectivity index (χ0n) is 6.59. The fourth-order valence-electron chi connectivity index (χ4n) is 0. The van der Waals surface area contributed by atoms with Gasteiger partial charge in [0, 0.05) is 0 Å². The molecule has 0 amide bonds. The molecule has 0 aromatic carbocycles. The van der Waals surface area contributed by atoms with Crippen LogP contribution < -0.4 is 0 Å². The van der Waals surface area contributed by atoms with Gasteiger partial charge in [0.05, 0.1) is 0 Å². The summed E-state index contributed by atoms with van der Waals surface area (Å²) in [6, 6.07) is 0. The first-order valence-corrected chi connectivity index (χ1v) is 7.04. The van der Waals surface area contributed by atoms with Gasteiger partial charge in [0.1, 0.15) is 0 Å². The molecular weight excluding hydrogens is 358 g/mol. The van der Waals surface area contributed by atoms with Gasteiger partial charge in [-0.3, -0.25) is 0 Å². The second-order valence-corrected chi connectivity index (χ2v) is 4.62. The van der Waals surface area contributed by atoms with E-state index in [1.165, 1.54) is 0 Å². The van der Waals surface area contributed by atoms with E-state index >= 15 is 0 Å². The molecule has 18 heavy (non-hydrogen) atoms. The van der Waals surface area contributed by atoms with E-state index in [1.807, 2.05) is 0 Å². The third-order valence-electron chi connectivity index (χ3n) is 0. The molecule has 0 fully saturated rings. The lowest BCUT2D eigenvalue weighted by Crippen LogP contribution is -1.66. The smallest absolute Gasteiger partial charge is 0.303 e. The molecule has 0 aliphatic carbocycles. The van der Waals surface area contributed by atoms with E-state index in [4.69, 9.17) is 57.7 Å². The minimum Gasteiger partial charge on any atom is -0.303 e. The van der Waals surface area contributed by atoms with Crippen LogP contribution in [0.1, 0.15) is 0 Å². The molecule has 0 atom stereocenters. The summed E-state index contributed by atoms with van der Waals surface area (Å²) in [7, 11) is -13.9. The van der Waals surface area contributed by atoms with Crippen LogP contribution >= 0.6 is 23.5 Å². The quantitative estimate of drug-likeness (QED) is 0.143. The second kappa shape index (κ2) is 16.0. The van der Waals surface area contributed by atoms with Gasteiger partial charge >= 0.3 is 92.6 Å². The van der Waals surface area contributed by atoms with Crippen molar-refractivity contribution >= 4 is 92.6 Å². The van der Waals surface area contributed by atoms with Crippen molar-refractivity contribution in [3.05, 3.63) is 0 Å². The lowest BCUT2D eigenvalue weighted by molar-refractivity contribution is 0.272. The molecule has 108 valence electrons. The van der Waals surface area contributed by atoms with E-state index in [1.54, 1.807) is 0 Å². The van der Waals surface area contributed by atoms with Gasteiger partial charge in [-0.05, 0) is 0 Å². The third-order valence-corrected chi connectivity index (χ3v) is 0. The molecule has 0 bridgehead atoms. The molecule has 0 saturated carbocycles. The molecule has 0 aromatic heterocycles. The zero-order valence-corrected chi connectivity index (χ0v) is 9.27. The third kappa shape index (κ3) is 838. The van der Waals surface area contributed by atoms with Gasteiger partial charge in [0.15, 0.2) is 0 Å². The molecule has 0 aromatic rings. The maximum absolute atomic E-state index is 8.88. The summed E-state index contributed by atoms with van der Waals surface area (Å²) < 4.78 is 26.6. The standard InChI is InChI=1S/3Mg.3H3O4P.6H/c;;;3*1-5(2,3)4;;;;;;/h;;;3*(H3,1,2,3,4);;;;;;. The van der Waals surface area contributed by atoms with Crippen molar-refractivity contribution in [2.75, 3.05) is 0 Å². The Kier molecular flexibility index (Phi) is 33.0. The van der Waals surface area contributed by atoms with Crippen LogP contribution in [0, 0.1) is 0 Å². The Balaban J connectivity index is -0.0000000277. The first-order valence-electron chi connectivity index (χ1n) is 2.35. The van der Waals surface area contributed by atoms with Gasteiger partial charge in [0.25, 0.3) is 0 Å². The molecule has 12 nitrogen and oxygen atoms in total. The molecule has 0 spiro atoms. The maximum atomic E-state index is 8.88. The fraction of sp³-hybridized carbons (Fsp3) is 0. The lowest BCUT2D eigenvalue weighted by atomic mass is 15.8. The van der Waals surface area contributed by atoms with E-state index in [0.717, 1.165) is 0 Å². The summed E-state index contributed by atoms with van der Waals surface area (Å²) in [6.07, 6.45) is 0. The van der Waals surface area contributed by atoms with Crippen molar-refractivity contribution in [3.63, 3.8) is 0 Å². The topological polar surface area (TPSA) is 233 Å². The van der Waals surface area contributed by atoms with Gasteiger partial charge in [0.2, 0.25) is 0 Å². The Bertz CT molecular complexity index is 209. The van der Waals surface area contributed by atoms with E-state index < -0.39 is 23.5 Å². The molecule has 0 rings (SSSR count). The number of phosphoric acid groups is 3. The van der Waals surface area contributed by atoms with E-state index in [2.05, 4.69) is 0 Å². The highest BCUT2D eigenvalue weighted by molar-refractivity contribution is 7.45. The van der Waals surface area contributed by atoms with E-state index in [9.17, 15) is 0 Å². The van der Waals surface area contributed by atoms with Crippen LogP contribution in [-0.2, 0) is 13.7 Å². The van der Waals surface area contributed by atoms with Crippen LogP contribution in [-0.4, -0.2) is 113 Å². The van der Waals surface area contributed by atoms with Gasteiger partial charge in [-0.1, -0.05) is 0 Å². The van der Waals surface area contributed by atoms with E-state index in [-0.39, 0.29) is 69.2 Å². The van der Waals surface area contributed by atoms with Gasteiger partial charge < -0.3 is 44.0 Å². The van der Waals surface area contributed by atoms with Crippen molar-refractivity contribution in [3.8, 4) is 0 Å². The first-order chi connectivity index (χ1) is 6.00. The molecule has 0 heterocycles. The summed E-state index contributed by atoms with van der Waals surface area (Å²) >= 11 is 0. The van der Waals surface area contributed by atoms with Crippen LogP contribution in [0.4, 0.5) is 0 Å². The summed E-state index contributed by atoms with van der Waals surface area (Å²) in [5, 5.41) is 0. The lowest BCUT2D eigenvalue weighted by Gasteiger charge is -1.82. The highest BCUT2D eigenvalue weighted by atomic mass is 31.2. The average molecular weight is 373 g/mol. The number of hydrogen-bond donors (Lipinski definition) is 9. The Labute approximate surface area is 149 Å². The fourth-order valence-corrected chi connectivity index (χ4v) is 0. The summed E-state index contributed by atoms with van der Waals surface area (Å²) in [5.74, 6) is 0. The SMILES string of the molecule is O=P(O)(O)O.O=P(O)(O)O.O=P(O)(O)O.[MgH2].[MgH2].[MgH2]. The Morgan fingerprint density at radius 1 is 0.389 bits per heavy atom. The van der Waals surface area contributed by atoms with Crippen LogP contribution in [0.2, 0.25) is 0 Å². The largest absolute Gasteiger partial charge is 0.466 e.